The van der Waals surface area contributed by atoms with Gasteiger partial charge in [-0.15, -0.1) is 0 Å². The van der Waals surface area contributed by atoms with Crippen molar-refractivity contribution in [2.45, 2.75) is 51.9 Å². The minimum absolute atomic E-state index is 0.0766. The summed E-state index contributed by atoms with van der Waals surface area (Å²) in [5, 5.41) is 2.63. The molecule has 0 bridgehead atoms. The van der Waals surface area contributed by atoms with Gasteiger partial charge in [0, 0.05) is 13.2 Å². The average molecular weight is 289 g/mol. The molecule has 0 radical (unpaired) electrons. The first-order valence-corrected chi connectivity index (χ1v) is 7.25. The maximum Gasteiger partial charge on any atom is 0.407 e. The molecule has 1 unspecified atom stereocenters. The molecule has 0 aliphatic carbocycles. The molecule has 1 N–H and O–H groups in total. The molecule has 1 saturated heterocycles. The third-order valence-electron chi connectivity index (χ3n) is 2.58. The Labute approximate surface area is 121 Å². The lowest BCUT2D eigenvalue weighted by Crippen LogP contribution is -2.34. The molecule has 118 valence electrons. The van der Waals surface area contributed by atoms with Crippen molar-refractivity contribution in [1.82, 2.24) is 5.32 Å². The second-order valence-electron chi connectivity index (χ2n) is 5.71. The first kappa shape index (κ1) is 17.2. The fourth-order valence-electron chi connectivity index (χ4n) is 1.72. The summed E-state index contributed by atoms with van der Waals surface area (Å²) < 4.78 is 21.4. The number of alkyl carbamates (subject to hydrolysis) is 1. The van der Waals surface area contributed by atoms with Crippen LogP contribution in [0.4, 0.5) is 4.79 Å². The molecule has 1 rings (SSSR count). The van der Waals surface area contributed by atoms with E-state index >= 15 is 0 Å². The van der Waals surface area contributed by atoms with E-state index in [1.165, 1.54) is 0 Å². The van der Waals surface area contributed by atoms with Gasteiger partial charge >= 0.3 is 6.09 Å². The van der Waals surface area contributed by atoms with E-state index in [2.05, 4.69) is 5.32 Å². The molecule has 20 heavy (non-hydrogen) atoms. The van der Waals surface area contributed by atoms with Crippen LogP contribution in [0.15, 0.2) is 0 Å². The van der Waals surface area contributed by atoms with E-state index in [9.17, 15) is 4.79 Å². The lowest BCUT2D eigenvalue weighted by Gasteiger charge is -2.22. The molecule has 0 aromatic rings. The van der Waals surface area contributed by atoms with Crippen LogP contribution in [0.25, 0.3) is 0 Å². The number of carbonyl (C=O) groups excluding carboxylic acids is 1. The van der Waals surface area contributed by atoms with Gasteiger partial charge in [0.2, 0.25) is 0 Å². The molecule has 0 aromatic heterocycles. The number of rotatable bonds is 7. The largest absolute Gasteiger partial charge is 0.444 e. The number of carbonyl (C=O) groups is 1. The Bertz CT molecular complexity index is 271. The van der Waals surface area contributed by atoms with Crippen molar-refractivity contribution in [3.05, 3.63) is 0 Å². The predicted octanol–water partition coefficient (Wildman–Crippen LogP) is 2.07. The fourth-order valence-corrected chi connectivity index (χ4v) is 1.72. The van der Waals surface area contributed by atoms with Crippen LogP contribution >= 0.6 is 0 Å². The summed E-state index contributed by atoms with van der Waals surface area (Å²) in [4.78, 5) is 11.3. The minimum atomic E-state index is -0.473. The monoisotopic (exact) mass is 289 g/mol. The molecule has 1 fully saturated rings. The van der Waals surface area contributed by atoms with Gasteiger partial charge in [0.1, 0.15) is 5.60 Å². The minimum Gasteiger partial charge on any atom is -0.444 e. The van der Waals surface area contributed by atoms with Crippen LogP contribution in [0.2, 0.25) is 0 Å². The second kappa shape index (κ2) is 9.15. The van der Waals surface area contributed by atoms with Crippen LogP contribution in [0, 0.1) is 0 Å². The number of nitrogens with one attached hydrogen (secondary N) is 1. The standard InChI is InChI=1S/C14H27NO5/c1-14(2,3)20-13(16)15-7-9-17-10-11-19-12-6-4-5-8-18-12/h12H,4-11H2,1-3H3,(H,15,16). The van der Waals surface area contributed by atoms with Crippen molar-refractivity contribution in [3.8, 4) is 0 Å². The summed E-state index contributed by atoms with van der Waals surface area (Å²) in [6, 6.07) is 0. The zero-order valence-corrected chi connectivity index (χ0v) is 12.8. The summed E-state index contributed by atoms with van der Waals surface area (Å²) in [6.07, 6.45) is 2.73. The van der Waals surface area contributed by atoms with Crippen LogP contribution in [0.5, 0.6) is 0 Å². The van der Waals surface area contributed by atoms with Gasteiger partial charge in [-0.3, -0.25) is 0 Å². The zero-order valence-electron chi connectivity index (χ0n) is 12.8. The third-order valence-corrected chi connectivity index (χ3v) is 2.58. The molecule has 1 amide bonds. The summed E-state index contributed by atoms with van der Waals surface area (Å²) >= 11 is 0. The fraction of sp³-hybridized carbons (Fsp3) is 0.929. The highest BCUT2D eigenvalue weighted by molar-refractivity contribution is 5.67. The van der Waals surface area contributed by atoms with Gasteiger partial charge in [0.05, 0.1) is 19.8 Å². The van der Waals surface area contributed by atoms with Crippen LogP contribution in [-0.2, 0) is 18.9 Å². The highest BCUT2D eigenvalue weighted by Gasteiger charge is 2.15. The van der Waals surface area contributed by atoms with Gasteiger partial charge in [-0.05, 0) is 40.0 Å². The van der Waals surface area contributed by atoms with E-state index in [-0.39, 0.29) is 6.29 Å². The van der Waals surface area contributed by atoms with Crippen LogP contribution in [-0.4, -0.2) is 51.0 Å². The van der Waals surface area contributed by atoms with Crippen molar-refractivity contribution in [3.63, 3.8) is 0 Å². The van der Waals surface area contributed by atoms with Crippen molar-refractivity contribution in [1.29, 1.82) is 0 Å². The van der Waals surface area contributed by atoms with Gasteiger partial charge in [0.25, 0.3) is 0 Å². The van der Waals surface area contributed by atoms with Gasteiger partial charge in [-0.25, -0.2) is 4.79 Å². The molecule has 0 saturated carbocycles. The molecule has 1 aliphatic rings. The van der Waals surface area contributed by atoms with Gasteiger partial charge in [-0.2, -0.15) is 0 Å². The van der Waals surface area contributed by atoms with E-state index in [0.717, 1.165) is 25.9 Å². The Morgan fingerprint density at radius 3 is 2.70 bits per heavy atom. The van der Waals surface area contributed by atoms with Crippen LogP contribution < -0.4 is 5.32 Å². The van der Waals surface area contributed by atoms with E-state index in [0.29, 0.717) is 26.4 Å². The van der Waals surface area contributed by atoms with Gasteiger partial charge in [0.15, 0.2) is 6.29 Å². The molecule has 6 nitrogen and oxygen atoms in total. The smallest absolute Gasteiger partial charge is 0.407 e. The first-order chi connectivity index (χ1) is 9.47. The molecular formula is C14H27NO5. The Hall–Kier alpha value is -0.850. The lowest BCUT2D eigenvalue weighted by atomic mass is 10.2. The molecule has 0 aromatic carbocycles. The van der Waals surface area contributed by atoms with E-state index in [1.54, 1.807) is 0 Å². The normalized spacial score (nSPS) is 19.6. The Morgan fingerprint density at radius 1 is 1.25 bits per heavy atom. The molecule has 6 heteroatoms. The predicted molar refractivity (Wildman–Crippen MR) is 74.6 cm³/mol. The topological polar surface area (TPSA) is 66.0 Å². The second-order valence-corrected chi connectivity index (χ2v) is 5.71. The first-order valence-electron chi connectivity index (χ1n) is 7.25. The molecule has 1 atom stereocenters. The van der Waals surface area contributed by atoms with E-state index < -0.39 is 11.7 Å². The molecule has 0 spiro atoms. The van der Waals surface area contributed by atoms with Crippen molar-refractivity contribution in [2.75, 3.05) is 33.0 Å². The Morgan fingerprint density at radius 2 is 2.05 bits per heavy atom. The van der Waals surface area contributed by atoms with Crippen molar-refractivity contribution >= 4 is 6.09 Å². The third kappa shape index (κ3) is 9.12. The Kier molecular flexibility index (Phi) is 7.87. The SMILES string of the molecule is CC(C)(C)OC(=O)NCCOCCOC1CCCCO1. The quantitative estimate of drug-likeness (QED) is 0.727. The van der Waals surface area contributed by atoms with E-state index in [1.807, 2.05) is 20.8 Å². The maximum atomic E-state index is 11.3. The summed E-state index contributed by atoms with van der Waals surface area (Å²) in [7, 11) is 0. The number of hydrogen-bond donors (Lipinski definition) is 1. The summed E-state index contributed by atoms with van der Waals surface area (Å²) in [5.74, 6) is 0. The van der Waals surface area contributed by atoms with Crippen molar-refractivity contribution in [2.24, 2.45) is 0 Å². The summed E-state index contributed by atoms with van der Waals surface area (Å²) in [6.45, 7) is 8.14. The molecular weight excluding hydrogens is 262 g/mol. The van der Waals surface area contributed by atoms with Gasteiger partial charge in [-0.1, -0.05) is 0 Å². The number of ether oxygens (including phenoxy) is 4. The van der Waals surface area contributed by atoms with Gasteiger partial charge < -0.3 is 24.3 Å². The highest BCUT2D eigenvalue weighted by atomic mass is 16.7. The molecule has 1 aliphatic heterocycles. The maximum absolute atomic E-state index is 11.3. The lowest BCUT2D eigenvalue weighted by molar-refractivity contribution is -0.168. The molecule has 1 heterocycles. The van der Waals surface area contributed by atoms with Crippen LogP contribution in [0.1, 0.15) is 40.0 Å². The average Bonchev–Trinajstić information content (AvgIpc) is 2.37. The van der Waals surface area contributed by atoms with E-state index in [4.69, 9.17) is 18.9 Å². The van der Waals surface area contributed by atoms with Crippen LogP contribution in [0.3, 0.4) is 0 Å². The number of amides is 1. The Balaban J connectivity index is 1.88. The number of hydrogen-bond acceptors (Lipinski definition) is 5. The van der Waals surface area contributed by atoms with Crippen molar-refractivity contribution < 1.29 is 23.7 Å². The summed E-state index contributed by atoms with van der Waals surface area (Å²) in [5.41, 5.74) is -0.473. The zero-order chi connectivity index (χ0) is 14.8. The highest BCUT2D eigenvalue weighted by Crippen LogP contribution is 2.13.